The molecule has 1 heterocycles. The highest BCUT2D eigenvalue weighted by atomic mass is 19.2. The van der Waals surface area contributed by atoms with Gasteiger partial charge >= 0.3 is 0 Å². The van der Waals surface area contributed by atoms with E-state index < -0.39 is 22.2 Å². The van der Waals surface area contributed by atoms with Gasteiger partial charge in [0.05, 0.1) is 17.5 Å². The number of hydrogen-bond donors (Lipinski definition) is 1. The SMILES string of the molecule is CC(C)NCc1noc(-c2cc(F)c(F)cc2[N+](=O)[O-])n1. The van der Waals surface area contributed by atoms with E-state index in [1.165, 1.54) is 0 Å². The largest absolute Gasteiger partial charge is 0.334 e. The van der Waals surface area contributed by atoms with Crippen LogP contribution in [0.4, 0.5) is 14.5 Å². The number of benzene rings is 1. The number of aromatic nitrogens is 2. The first kappa shape index (κ1) is 15.0. The van der Waals surface area contributed by atoms with Gasteiger partial charge in [-0.3, -0.25) is 10.1 Å². The topological polar surface area (TPSA) is 94.1 Å². The molecule has 0 aliphatic rings. The average molecular weight is 298 g/mol. The van der Waals surface area contributed by atoms with Crippen molar-refractivity contribution in [3.8, 4) is 11.5 Å². The summed E-state index contributed by atoms with van der Waals surface area (Å²) in [5.41, 5.74) is -0.900. The molecule has 2 rings (SSSR count). The van der Waals surface area contributed by atoms with Gasteiger partial charge in [0, 0.05) is 6.04 Å². The van der Waals surface area contributed by atoms with E-state index in [1.807, 2.05) is 13.8 Å². The predicted octanol–water partition coefficient (Wildman–Crippen LogP) is 2.42. The fourth-order valence-electron chi connectivity index (χ4n) is 1.59. The third-order valence-corrected chi connectivity index (χ3v) is 2.60. The molecule has 9 heteroatoms. The molecule has 0 fully saturated rings. The molecule has 7 nitrogen and oxygen atoms in total. The van der Waals surface area contributed by atoms with Crippen LogP contribution in [-0.4, -0.2) is 21.1 Å². The number of rotatable bonds is 5. The summed E-state index contributed by atoms with van der Waals surface area (Å²) in [5, 5.41) is 17.6. The smallest absolute Gasteiger partial charge is 0.285 e. The van der Waals surface area contributed by atoms with Gasteiger partial charge in [0.25, 0.3) is 11.6 Å². The minimum Gasteiger partial charge on any atom is -0.334 e. The quantitative estimate of drug-likeness (QED) is 0.673. The molecule has 0 aliphatic heterocycles. The van der Waals surface area contributed by atoms with Crippen LogP contribution in [0.1, 0.15) is 19.7 Å². The molecular weight excluding hydrogens is 286 g/mol. The predicted molar refractivity (Wildman–Crippen MR) is 68.3 cm³/mol. The fourth-order valence-corrected chi connectivity index (χ4v) is 1.59. The summed E-state index contributed by atoms with van der Waals surface area (Å²) >= 11 is 0. The number of nitro benzene ring substituents is 1. The van der Waals surface area contributed by atoms with Crippen LogP contribution < -0.4 is 5.32 Å². The molecule has 1 aromatic heterocycles. The fraction of sp³-hybridized carbons (Fsp3) is 0.333. The van der Waals surface area contributed by atoms with Crippen molar-refractivity contribution >= 4 is 5.69 Å². The van der Waals surface area contributed by atoms with Gasteiger partial charge < -0.3 is 9.84 Å². The van der Waals surface area contributed by atoms with E-state index in [1.54, 1.807) is 0 Å². The molecular formula is C12H12F2N4O3. The first-order valence-electron chi connectivity index (χ1n) is 6.08. The third kappa shape index (κ3) is 3.37. The van der Waals surface area contributed by atoms with Crippen molar-refractivity contribution in [3.63, 3.8) is 0 Å². The molecule has 2 aromatic rings. The van der Waals surface area contributed by atoms with E-state index in [4.69, 9.17) is 4.52 Å². The molecule has 0 bridgehead atoms. The summed E-state index contributed by atoms with van der Waals surface area (Å²) in [7, 11) is 0. The second-order valence-electron chi connectivity index (χ2n) is 4.59. The molecule has 1 N–H and O–H groups in total. The Hall–Kier alpha value is -2.42. The normalized spacial score (nSPS) is 11.1. The van der Waals surface area contributed by atoms with E-state index in [9.17, 15) is 18.9 Å². The molecule has 1 aromatic carbocycles. The Morgan fingerprint density at radius 3 is 2.67 bits per heavy atom. The molecule has 0 atom stereocenters. The van der Waals surface area contributed by atoms with Crippen LogP contribution in [0, 0.1) is 21.7 Å². The van der Waals surface area contributed by atoms with E-state index in [0.29, 0.717) is 18.7 Å². The van der Waals surface area contributed by atoms with E-state index >= 15 is 0 Å². The Balaban J connectivity index is 2.37. The van der Waals surface area contributed by atoms with Crippen molar-refractivity contribution in [2.45, 2.75) is 26.4 Å². The minimum atomic E-state index is -1.31. The Morgan fingerprint density at radius 1 is 1.38 bits per heavy atom. The summed E-state index contributed by atoms with van der Waals surface area (Å²) in [6, 6.07) is 1.34. The summed E-state index contributed by atoms with van der Waals surface area (Å²) in [4.78, 5) is 14.0. The van der Waals surface area contributed by atoms with Gasteiger partial charge in [-0.15, -0.1) is 0 Å². The summed E-state index contributed by atoms with van der Waals surface area (Å²) in [6.45, 7) is 4.13. The maximum atomic E-state index is 13.3. The van der Waals surface area contributed by atoms with Crippen LogP contribution in [-0.2, 0) is 6.54 Å². The minimum absolute atomic E-state index is 0.185. The van der Waals surface area contributed by atoms with E-state index in [-0.39, 0.29) is 23.3 Å². The van der Waals surface area contributed by atoms with Crippen LogP contribution in [0.15, 0.2) is 16.7 Å². The number of hydrogen-bond acceptors (Lipinski definition) is 6. The van der Waals surface area contributed by atoms with Gasteiger partial charge in [0.1, 0.15) is 5.56 Å². The van der Waals surface area contributed by atoms with Crippen LogP contribution in [0.5, 0.6) is 0 Å². The highest BCUT2D eigenvalue weighted by Gasteiger charge is 2.24. The summed E-state index contributed by atoms with van der Waals surface area (Å²) < 4.78 is 31.2. The van der Waals surface area contributed by atoms with Crippen molar-refractivity contribution in [2.75, 3.05) is 0 Å². The molecule has 0 saturated carbocycles. The Labute approximate surface area is 118 Å². The molecule has 0 unspecified atom stereocenters. The average Bonchev–Trinajstić information content (AvgIpc) is 2.87. The first-order valence-corrected chi connectivity index (χ1v) is 6.08. The highest BCUT2D eigenvalue weighted by Crippen LogP contribution is 2.30. The molecule has 0 saturated heterocycles. The Bertz CT molecular complexity index is 673. The Morgan fingerprint density at radius 2 is 2.05 bits per heavy atom. The Kier molecular flexibility index (Phi) is 4.22. The van der Waals surface area contributed by atoms with Crippen molar-refractivity contribution in [1.29, 1.82) is 0 Å². The number of nitrogens with zero attached hydrogens (tertiary/aromatic N) is 3. The van der Waals surface area contributed by atoms with Gasteiger partial charge in [-0.2, -0.15) is 4.98 Å². The highest BCUT2D eigenvalue weighted by molar-refractivity contribution is 5.66. The van der Waals surface area contributed by atoms with Gasteiger partial charge in [-0.1, -0.05) is 19.0 Å². The zero-order chi connectivity index (χ0) is 15.6. The van der Waals surface area contributed by atoms with Crippen molar-refractivity contribution in [2.24, 2.45) is 0 Å². The van der Waals surface area contributed by atoms with E-state index in [0.717, 1.165) is 0 Å². The molecule has 0 radical (unpaired) electrons. The van der Waals surface area contributed by atoms with Crippen molar-refractivity contribution in [3.05, 3.63) is 39.7 Å². The maximum Gasteiger partial charge on any atom is 0.285 e. The molecule has 0 spiro atoms. The number of halogens is 2. The molecule has 112 valence electrons. The second kappa shape index (κ2) is 5.92. The van der Waals surface area contributed by atoms with Crippen molar-refractivity contribution < 1.29 is 18.2 Å². The maximum absolute atomic E-state index is 13.3. The monoisotopic (exact) mass is 298 g/mol. The first-order chi connectivity index (χ1) is 9.88. The van der Waals surface area contributed by atoms with E-state index in [2.05, 4.69) is 15.5 Å². The summed E-state index contributed by atoms with van der Waals surface area (Å²) in [5.74, 6) is -2.51. The second-order valence-corrected chi connectivity index (χ2v) is 4.59. The lowest BCUT2D eigenvalue weighted by atomic mass is 10.1. The van der Waals surface area contributed by atoms with Crippen molar-refractivity contribution in [1.82, 2.24) is 15.5 Å². The van der Waals surface area contributed by atoms with Crippen LogP contribution in [0.3, 0.4) is 0 Å². The van der Waals surface area contributed by atoms with Gasteiger partial charge in [-0.05, 0) is 6.07 Å². The van der Waals surface area contributed by atoms with Gasteiger partial charge in [0.15, 0.2) is 17.5 Å². The van der Waals surface area contributed by atoms with Gasteiger partial charge in [-0.25, -0.2) is 8.78 Å². The van der Waals surface area contributed by atoms with Crippen LogP contribution in [0.25, 0.3) is 11.5 Å². The standard InChI is InChI=1S/C12H12F2N4O3/c1-6(2)15-5-11-16-12(21-17-11)7-3-8(13)9(14)4-10(7)18(19)20/h3-4,6,15H,5H2,1-2H3. The third-order valence-electron chi connectivity index (χ3n) is 2.60. The lowest BCUT2D eigenvalue weighted by Crippen LogP contribution is -2.22. The molecule has 21 heavy (non-hydrogen) atoms. The van der Waals surface area contributed by atoms with Crippen LogP contribution in [0.2, 0.25) is 0 Å². The van der Waals surface area contributed by atoms with Gasteiger partial charge in [0.2, 0.25) is 0 Å². The lowest BCUT2D eigenvalue weighted by molar-refractivity contribution is -0.384. The summed E-state index contributed by atoms with van der Waals surface area (Å²) in [6.07, 6.45) is 0. The zero-order valence-electron chi connectivity index (χ0n) is 11.3. The molecule has 0 amide bonds. The number of nitro groups is 1. The van der Waals surface area contributed by atoms with Crippen LogP contribution >= 0.6 is 0 Å². The zero-order valence-corrected chi connectivity index (χ0v) is 11.3. The number of nitrogens with one attached hydrogen (secondary N) is 1. The lowest BCUT2D eigenvalue weighted by Gasteiger charge is -2.03. The molecule has 0 aliphatic carbocycles.